The molecule has 1 unspecified atom stereocenters. The first-order chi connectivity index (χ1) is 12.5. The second-order valence-electron chi connectivity index (χ2n) is 6.00. The van der Waals surface area contributed by atoms with E-state index in [1.165, 1.54) is 20.1 Å². The standard InChI is InChI=1S/C18H20Cl2N2O4S/c1-11-5-6-13(19)9-15(11)21-18(23)12(2)22(27(4,24)25)16-10-14(20)7-8-17(16)26-3/h5-10,12H,1-4H3,(H,21,23). The van der Waals surface area contributed by atoms with E-state index in [0.29, 0.717) is 15.7 Å². The number of aryl methyl sites for hydroxylation is 1. The van der Waals surface area contributed by atoms with Gasteiger partial charge in [0.2, 0.25) is 15.9 Å². The summed E-state index contributed by atoms with van der Waals surface area (Å²) in [5, 5.41) is 3.50. The minimum absolute atomic E-state index is 0.179. The van der Waals surface area contributed by atoms with Crippen molar-refractivity contribution in [2.24, 2.45) is 0 Å². The van der Waals surface area contributed by atoms with Crippen molar-refractivity contribution in [1.82, 2.24) is 0 Å². The molecule has 0 bridgehead atoms. The third-order valence-corrected chi connectivity index (χ3v) is 5.62. The van der Waals surface area contributed by atoms with E-state index in [-0.39, 0.29) is 11.4 Å². The monoisotopic (exact) mass is 430 g/mol. The maximum absolute atomic E-state index is 12.8. The molecular formula is C18H20Cl2N2O4S. The number of methoxy groups -OCH3 is 1. The zero-order valence-corrected chi connectivity index (χ0v) is 17.6. The molecule has 0 saturated heterocycles. The molecule has 27 heavy (non-hydrogen) atoms. The van der Waals surface area contributed by atoms with Gasteiger partial charge < -0.3 is 10.1 Å². The topological polar surface area (TPSA) is 75.7 Å². The van der Waals surface area contributed by atoms with E-state index in [4.69, 9.17) is 27.9 Å². The molecule has 1 N–H and O–H groups in total. The lowest BCUT2D eigenvalue weighted by Crippen LogP contribution is -2.45. The average molecular weight is 431 g/mol. The van der Waals surface area contributed by atoms with Crippen molar-refractivity contribution in [2.45, 2.75) is 19.9 Å². The van der Waals surface area contributed by atoms with Gasteiger partial charge in [-0.05, 0) is 49.7 Å². The van der Waals surface area contributed by atoms with Crippen molar-refractivity contribution >= 4 is 50.5 Å². The van der Waals surface area contributed by atoms with E-state index in [0.717, 1.165) is 16.1 Å². The summed E-state index contributed by atoms with van der Waals surface area (Å²) in [7, 11) is -2.40. The van der Waals surface area contributed by atoms with Gasteiger partial charge in [0.15, 0.2) is 0 Å². The van der Waals surface area contributed by atoms with E-state index < -0.39 is 22.0 Å². The number of anilines is 2. The fourth-order valence-corrected chi connectivity index (χ4v) is 4.09. The number of nitrogens with zero attached hydrogens (tertiary/aromatic N) is 1. The molecule has 0 radical (unpaired) electrons. The lowest BCUT2D eigenvalue weighted by atomic mass is 10.2. The molecule has 0 aliphatic rings. The molecule has 0 aliphatic heterocycles. The Balaban J connectivity index is 2.44. The molecule has 2 aromatic carbocycles. The Hall–Kier alpha value is -1.96. The number of carbonyl (C=O) groups excluding carboxylic acids is 1. The minimum Gasteiger partial charge on any atom is -0.495 e. The van der Waals surface area contributed by atoms with Crippen molar-refractivity contribution in [1.29, 1.82) is 0 Å². The molecule has 2 aromatic rings. The summed E-state index contributed by atoms with van der Waals surface area (Å²) in [6.07, 6.45) is 1.02. The molecule has 9 heteroatoms. The van der Waals surface area contributed by atoms with Crippen LogP contribution in [-0.4, -0.2) is 33.7 Å². The van der Waals surface area contributed by atoms with Gasteiger partial charge in [-0.15, -0.1) is 0 Å². The summed E-state index contributed by atoms with van der Waals surface area (Å²) >= 11 is 12.0. The van der Waals surface area contributed by atoms with Gasteiger partial charge in [-0.1, -0.05) is 29.3 Å². The summed E-state index contributed by atoms with van der Waals surface area (Å²) in [5.41, 5.74) is 1.48. The van der Waals surface area contributed by atoms with Crippen molar-refractivity contribution in [2.75, 3.05) is 23.0 Å². The van der Waals surface area contributed by atoms with Crippen LogP contribution in [0.5, 0.6) is 5.75 Å². The quantitative estimate of drug-likeness (QED) is 0.747. The van der Waals surface area contributed by atoms with Crippen LogP contribution in [0.1, 0.15) is 12.5 Å². The number of sulfonamides is 1. The normalized spacial score (nSPS) is 12.4. The Bertz CT molecular complexity index is 964. The largest absolute Gasteiger partial charge is 0.495 e. The smallest absolute Gasteiger partial charge is 0.248 e. The van der Waals surface area contributed by atoms with Crippen LogP contribution in [0.2, 0.25) is 10.0 Å². The fraction of sp³-hybridized carbons (Fsp3) is 0.278. The van der Waals surface area contributed by atoms with E-state index >= 15 is 0 Å². The lowest BCUT2D eigenvalue weighted by molar-refractivity contribution is -0.116. The fourth-order valence-electron chi connectivity index (χ4n) is 2.58. The molecule has 0 spiro atoms. The summed E-state index contributed by atoms with van der Waals surface area (Å²) in [6, 6.07) is 8.56. The highest BCUT2D eigenvalue weighted by Crippen LogP contribution is 2.34. The van der Waals surface area contributed by atoms with Crippen LogP contribution in [0.4, 0.5) is 11.4 Å². The molecule has 2 rings (SSSR count). The van der Waals surface area contributed by atoms with Crippen LogP contribution in [-0.2, 0) is 14.8 Å². The second-order valence-corrected chi connectivity index (χ2v) is 8.73. The van der Waals surface area contributed by atoms with Gasteiger partial charge in [0.05, 0.1) is 19.1 Å². The van der Waals surface area contributed by atoms with E-state index in [9.17, 15) is 13.2 Å². The predicted octanol–water partition coefficient (Wildman–Crippen LogP) is 4.10. The highest BCUT2D eigenvalue weighted by molar-refractivity contribution is 7.92. The first-order valence-corrected chi connectivity index (χ1v) is 10.5. The third-order valence-electron chi connectivity index (χ3n) is 3.92. The molecule has 0 fully saturated rings. The maximum atomic E-state index is 12.8. The van der Waals surface area contributed by atoms with Crippen molar-refractivity contribution < 1.29 is 17.9 Å². The van der Waals surface area contributed by atoms with Crippen LogP contribution in [0.3, 0.4) is 0 Å². The number of hydrogen-bond donors (Lipinski definition) is 1. The van der Waals surface area contributed by atoms with Gasteiger partial charge >= 0.3 is 0 Å². The first-order valence-electron chi connectivity index (χ1n) is 7.94. The van der Waals surface area contributed by atoms with Gasteiger partial charge in [-0.25, -0.2) is 8.42 Å². The minimum atomic E-state index is -3.81. The van der Waals surface area contributed by atoms with E-state index in [2.05, 4.69) is 5.32 Å². The molecule has 0 saturated carbocycles. The number of amides is 1. The average Bonchev–Trinajstić information content (AvgIpc) is 2.57. The Morgan fingerprint density at radius 2 is 1.74 bits per heavy atom. The molecular weight excluding hydrogens is 411 g/mol. The van der Waals surface area contributed by atoms with E-state index in [1.807, 2.05) is 6.92 Å². The van der Waals surface area contributed by atoms with Gasteiger partial charge in [-0.2, -0.15) is 0 Å². The Morgan fingerprint density at radius 1 is 1.15 bits per heavy atom. The maximum Gasteiger partial charge on any atom is 0.248 e. The molecule has 6 nitrogen and oxygen atoms in total. The molecule has 0 aliphatic carbocycles. The van der Waals surface area contributed by atoms with Crippen LogP contribution >= 0.6 is 23.2 Å². The zero-order valence-electron chi connectivity index (χ0n) is 15.3. The molecule has 1 atom stereocenters. The highest BCUT2D eigenvalue weighted by atomic mass is 35.5. The number of rotatable bonds is 6. The van der Waals surface area contributed by atoms with Gasteiger partial charge in [-0.3, -0.25) is 9.10 Å². The molecule has 146 valence electrons. The molecule has 1 amide bonds. The summed E-state index contributed by atoms with van der Waals surface area (Å²) in [4.78, 5) is 12.8. The van der Waals surface area contributed by atoms with Crippen LogP contribution < -0.4 is 14.4 Å². The number of ether oxygens (including phenoxy) is 1. The van der Waals surface area contributed by atoms with Crippen LogP contribution in [0.15, 0.2) is 36.4 Å². The Labute approximate surface area is 169 Å². The SMILES string of the molecule is COc1ccc(Cl)cc1N(C(C)C(=O)Nc1cc(Cl)ccc1C)S(C)(=O)=O. The van der Waals surface area contributed by atoms with Crippen molar-refractivity contribution in [3.05, 3.63) is 52.0 Å². The van der Waals surface area contributed by atoms with Gasteiger partial charge in [0.25, 0.3) is 0 Å². The Kier molecular flexibility index (Phi) is 6.62. The summed E-state index contributed by atoms with van der Waals surface area (Å²) in [5.74, 6) is -0.240. The van der Waals surface area contributed by atoms with Crippen LogP contribution in [0, 0.1) is 6.92 Å². The van der Waals surface area contributed by atoms with Gasteiger partial charge in [0, 0.05) is 15.7 Å². The van der Waals surface area contributed by atoms with E-state index in [1.54, 1.807) is 30.3 Å². The van der Waals surface area contributed by atoms with Crippen LogP contribution in [0.25, 0.3) is 0 Å². The third kappa shape index (κ3) is 5.06. The summed E-state index contributed by atoms with van der Waals surface area (Å²) in [6.45, 7) is 3.29. The van der Waals surface area contributed by atoms with Gasteiger partial charge in [0.1, 0.15) is 11.8 Å². The number of nitrogens with one attached hydrogen (secondary N) is 1. The summed E-state index contributed by atoms with van der Waals surface area (Å²) < 4.78 is 31.1. The van der Waals surface area contributed by atoms with Crippen molar-refractivity contribution in [3.8, 4) is 5.75 Å². The first kappa shape index (κ1) is 21.3. The molecule has 0 aromatic heterocycles. The number of hydrogen-bond acceptors (Lipinski definition) is 4. The Morgan fingerprint density at radius 3 is 2.33 bits per heavy atom. The molecule has 0 heterocycles. The number of halogens is 2. The van der Waals surface area contributed by atoms with Crippen molar-refractivity contribution in [3.63, 3.8) is 0 Å². The second kappa shape index (κ2) is 8.37. The number of carbonyl (C=O) groups is 1. The lowest BCUT2D eigenvalue weighted by Gasteiger charge is -2.29. The number of benzene rings is 2. The zero-order chi connectivity index (χ0) is 20.4. The predicted molar refractivity (Wildman–Crippen MR) is 110 cm³/mol. The highest BCUT2D eigenvalue weighted by Gasteiger charge is 2.31.